The molecular formula is C17H16N2O4. The van der Waals surface area contributed by atoms with Crippen LogP contribution in [0.3, 0.4) is 0 Å². The van der Waals surface area contributed by atoms with Crippen LogP contribution in [0.2, 0.25) is 0 Å². The lowest BCUT2D eigenvalue weighted by molar-refractivity contribution is -0.104. The maximum absolute atomic E-state index is 11.2. The van der Waals surface area contributed by atoms with Gasteiger partial charge >= 0.3 is 5.97 Å². The molecule has 6 nitrogen and oxygen atoms in total. The molecule has 2 aromatic rings. The van der Waals surface area contributed by atoms with Crippen LogP contribution in [0.15, 0.2) is 48.2 Å². The number of carbonyl (C=O) groups excluding carboxylic acids is 1. The Hall–Kier alpha value is -3.15. The van der Waals surface area contributed by atoms with Crippen LogP contribution in [-0.4, -0.2) is 36.0 Å². The maximum Gasteiger partial charge on any atom is 0.337 e. The number of benzene rings is 1. The van der Waals surface area contributed by atoms with Gasteiger partial charge in [-0.1, -0.05) is 12.1 Å². The number of hydrogen-bond donors (Lipinski definition) is 2. The van der Waals surface area contributed by atoms with Crippen LogP contribution in [-0.2, 0) is 4.79 Å². The molecule has 0 amide bonds. The van der Waals surface area contributed by atoms with E-state index in [-0.39, 0.29) is 12.1 Å². The Kier molecular flexibility index (Phi) is 5.46. The summed E-state index contributed by atoms with van der Waals surface area (Å²) in [5, 5.41) is 12.1. The molecule has 1 heterocycles. The second kappa shape index (κ2) is 7.74. The smallest absolute Gasteiger partial charge is 0.337 e. The first kappa shape index (κ1) is 16.2. The van der Waals surface area contributed by atoms with Crippen molar-refractivity contribution in [3.63, 3.8) is 0 Å². The topological polar surface area (TPSA) is 88.5 Å². The molecule has 1 aromatic heterocycles. The minimum absolute atomic E-state index is 0.156. The van der Waals surface area contributed by atoms with E-state index in [1.54, 1.807) is 42.6 Å². The van der Waals surface area contributed by atoms with Crippen LogP contribution < -0.4 is 10.1 Å². The van der Waals surface area contributed by atoms with Crippen molar-refractivity contribution in [3.05, 3.63) is 59.3 Å². The number of nitrogens with zero attached hydrogens (tertiary/aromatic N) is 1. The number of pyridine rings is 1. The van der Waals surface area contributed by atoms with Crippen LogP contribution in [0.25, 0.3) is 6.08 Å². The van der Waals surface area contributed by atoms with E-state index in [4.69, 9.17) is 9.84 Å². The summed E-state index contributed by atoms with van der Waals surface area (Å²) in [6.07, 6.45) is 3.99. The van der Waals surface area contributed by atoms with Crippen molar-refractivity contribution in [2.24, 2.45) is 0 Å². The molecule has 0 aliphatic carbocycles. The predicted molar refractivity (Wildman–Crippen MR) is 86.7 cm³/mol. The van der Waals surface area contributed by atoms with Crippen molar-refractivity contribution in [2.45, 2.75) is 0 Å². The third-order valence-electron chi connectivity index (χ3n) is 3.11. The number of nitrogens with one attached hydrogen (secondary N) is 1. The van der Waals surface area contributed by atoms with Gasteiger partial charge in [0.2, 0.25) is 5.88 Å². The number of hydrogen-bond acceptors (Lipinski definition) is 5. The van der Waals surface area contributed by atoms with E-state index in [0.29, 0.717) is 17.1 Å². The number of aldehydes is 1. The first-order chi connectivity index (χ1) is 11.1. The fraction of sp³-hybridized carbons (Fsp3) is 0.118. The molecule has 0 radical (unpaired) electrons. The lowest BCUT2D eigenvalue weighted by atomic mass is 10.1. The minimum Gasteiger partial charge on any atom is -0.481 e. The van der Waals surface area contributed by atoms with Gasteiger partial charge in [0.15, 0.2) is 0 Å². The Morgan fingerprint density at radius 3 is 2.70 bits per heavy atom. The van der Waals surface area contributed by atoms with Crippen molar-refractivity contribution in [3.8, 4) is 5.88 Å². The van der Waals surface area contributed by atoms with Gasteiger partial charge in [0, 0.05) is 30.1 Å². The van der Waals surface area contributed by atoms with E-state index in [0.717, 1.165) is 11.8 Å². The summed E-state index contributed by atoms with van der Waals surface area (Å²) in [5.74, 6) is -0.535. The Labute approximate surface area is 133 Å². The Morgan fingerprint density at radius 1 is 1.30 bits per heavy atom. The van der Waals surface area contributed by atoms with E-state index in [9.17, 15) is 9.59 Å². The van der Waals surface area contributed by atoms with Crippen LogP contribution >= 0.6 is 0 Å². The molecule has 0 fully saturated rings. The van der Waals surface area contributed by atoms with Gasteiger partial charge in [-0.25, -0.2) is 9.78 Å². The summed E-state index contributed by atoms with van der Waals surface area (Å²) < 4.78 is 4.97. The Bertz CT molecular complexity index is 724. The SMILES string of the molecule is COc1ccc(/C=C(\C=O)CNc2ccccc2C(=O)O)cn1. The summed E-state index contributed by atoms with van der Waals surface area (Å²) >= 11 is 0. The quantitative estimate of drug-likeness (QED) is 0.603. The molecule has 1 aromatic carbocycles. The molecule has 0 bridgehead atoms. The van der Waals surface area contributed by atoms with E-state index in [1.807, 2.05) is 0 Å². The summed E-state index contributed by atoms with van der Waals surface area (Å²) in [6.45, 7) is 0.208. The zero-order chi connectivity index (χ0) is 16.7. The fourth-order valence-electron chi connectivity index (χ4n) is 1.96. The van der Waals surface area contributed by atoms with Gasteiger partial charge < -0.3 is 15.2 Å². The summed E-state index contributed by atoms with van der Waals surface area (Å²) in [7, 11) is 1.53. The second-order valence-electron chi connectivity index (χ2n) is 4.68. The summed E-state index contributed by atoms with van der Waals surface area (Å²) in [4.78, 5) is 26.4. The molecule has 6 heteroatoms. The first-order valence-electron chi connectivity index (χ1n) is 6.86. The highest BCUT2D eigenvalue weighted by atomic mass is 16.5. The first-order valence-corrected chi connectivity index (χ1v) is 6.86. The van der Waals surface area contributed by atoms with E-state index in [1.165, 1.54) is 13.2 Å². The van der Waals surface area contributed by atoms with Crippen molar-refractivity contribution in [1.29, 1.82) is 0 Å². The molecule has 2 N–H and O–H groups in total. The molecule has 0 unspecified atom stereocenters. The average molecular weight is 312 g/mol. The van der Waals surface area contributed by atoms with Gasteiger partial charge in [0.25, 0.3) is 0 Å². The maximum atomic E-state index is 11.2. The van der Waals surface area contributed by atoms with Crippen LogP contribution in [0.5, 0.6) is 5.88 Å². The van der Waals surface area contributed by atoms with E-state index in [2.05, 4.69) is 10.3 Å². The van der Waals surface area contributed by atoms with Gasteiger partial charge in [-0.15, -0.1) is 0 Å². The third kappa shape index (κ3) is 4.41. The van der Waals surface area contributed by atoms with Crippen LogP contribution in [0.4, 0.5) is 5.69 Å². The monoisotopic (exact) mass is 312 g/mol. The molecular weight excluding hydrogens is 296 g/mol. The highest BCUT2D eigenvalue weighted by Gasteiger charge is 2.08. The zero-order valence-electron chi connectivity index (χ0n) is 12.5. The highest BCUT2D eigenvalue weighted by Crippen LogP contribution is 2.16. The number of ether oxygens (including phenoxy) is 1. The number of anilines is 1. The number of carbonyl (C=O) groups is 2. The van der Waals surface area contributed by atoms with Gasteiger partial charge in [-0.3, -0.25) is 4.79 Å². The molecule has 0 atom stereocenters. The van der Waals surface area contributed by atoms with Gasteiger partial charge in [0.1, 0.15) is 6.29 Å². The van der Waals surface area contributed by atoms with Crippen molar-refractivity contribution >= 4 is 24.0 Å². The Morgan fingerprint density at radius 2 is 2.09 bits per heavy atom. The molecule has 0 spiro atoms. The molecule has 118 valence electrons. The van der Waals surface area contributed by atoms with Crippen LogP contribution in [0, 0.1) is 0 Å². The lowest BCUT2D eigenvalue weighted by Crippen LogP contribution is -2.10. The minimum atomic E-state index is -1.02. The third-order valence-corrected chi connectivity index (χ3v) is 3.11. The molecule has 0 saturated heterocycles. The standard InChI is InChI=1S/C17H16N2O4/c1-23-16-7-6-12(9-19-16)8-13(11-20)10-18-15-5-3-2-4-14(15)17(21)22/h2-9,11,18H,10H2,1H3,(H,21,22)/b13-8-. The second-order valence-corrected chi connectivity index (χ2v) is 4.68. The largest absolute Gasteiger partial charge is 0.481 e. The number of rotatable bonds is 7. The normalized spacial score (nSPS) is 10.9. The zero-order valence-corrected chi connectivity index (χ0v) is 12.5. The van der Waals surface area contributed by atoms with Gasteiger partial charge in [0.05, 0.1) is 12.7 Å². The lowest BCUT2D eigenvalue weighted by Gasteiger charge is -2.09. The average Bonchev–Trinajstić information content (AvgIpc) is 2.59. The molecule has 0 saturated carbocycles. The highest BCUT2D eigenvalue weighted by molar-refractivity contribution is 5.94. The molecule has 2 rings (SSSR count). The van der Waals surface area contributed by atoms with E-state index < -0.39 is 5.97 Å². The number of methoxy groups -OCH3 is 1. The molecule has 0 aliphatic rings. The van der Waals surface area contributed by atoms with Crippen molar-refractivity contribution < 1.29 is 19.4 Å². The van der Waals surface area contributed by atoms with Crippen LogP contribution in [0.1, 0.15) is 15.9 Å². The molecule has 0 aliphatic heterocycles. The number of para-hydroxylation sites is 1. The van der Waals surface area contributed by atoms with Gasteiger partial charge in [-0.05, 0) is 29.8 Å². The predicted octanol–water partition coefficient (Wildman–Crippen LogP) is 2.48. The Balaban J connectivity index is 2.12. The number of carboxylic acid groups (broad SMARTS) is 1. The number of aromatic carboxylic acids is 1. The number of aromatic nitrogens is 1. The number of carboxylic acids is 1. The van der Waals surface area contributed by atoms with Crippen molar-refractivity contribution in [1.82, 2.24) is 4.98 Å². The fourth-order valence-corrected chi connectivity index (χ4v) is 1.96. The van der Waals surface area contributed by atoms with Gasteiger partial charge in [-0.2, -0.15) is 0 Å². The summed E-state index contributed by atoms with van der Waals surface area (Å²) in [6, 6.07) is 10.0. The summed E-state index contributed by atoms with van der Waals surface area (Å²) in [5.41, 5.74) is 1.84. The molecule has 23 heavy (non-hydrogen) atoms. The van der Waals surface area contributed by atoms with Crippen molar-refractivity contribution in [2.75, 3.05) is 19.0 Å². The van der Waals surface area contributed by atoms with E-state index >= 15 is 0 Å².